The van der Waals surface area contributed by atoms with Gasteiger partial charge in [0.2, 0.25) is 0 Å². The fraction of sp³-hybridized carbons (Fsp3) is 0.188. The lowest BCUT2D eigenvalue weighted by Gasteiger charge is -2.15. The Morgan fingerprint density at radius 1 is 1.23 bits per heavy atom. The van der Waals surface area contributed by atoms with E-state index in [1.54, 1.807) is 18.7 Å². The summed E-state index contributed by atoms with van der Waals surface area (Å²) in [5, 5.41) is 6.77. The van der Waals surface area contributed by atoms with Crippen molar-refractivity contribution >= 4 is 0 Å². The summed E-state index contributed by atoms with van der Waals surface area (Å²) in [6.45, 7) is 1.28. The van der Waals surface area contributed by atoms with E-state index < -0.39 is 11.6 Å². The molecule has 0 fully saturated rings. The Kier molecular flexibility index (Phi) is 4.02. The SMILES string of the molecule is CN(Cc1ccoc1)Cc1cn[nH]c1-c1ccc(F)cc1F. The number of benzene rings is 1. The molecule has 3 rings (SSSR count). The first-order valence-electron chi connectivity index (χ1n) is 6.81. The Morgan fingerprint density at radius 2 is 2.09 bits per heavy atom. The molecule has 6 heteroatoms. The summed E-state index contributed by atoms with van der Waals surface area (Å²) >= 11 is 0. The molecule has 0 atom stereocenters. The Bertz CT molecular complexity index is 753. The van der Waals surface area contributed by atoms with Gasteiger partial charge in [-0.3, -0.25) is 10.00 Å². The minimum absolute atomic E-state index is 0.311. The van der Waals surface area contributed by atoms with E-state index in [2.05, 4.69) is 15.1 Å². The molecule has 0 bridgehead atoms. The second-order valence-electron chi connectivity index (χ2n) is 5.20. The molecule has 0 aliphatic carbocycles. The predicted octanol–water partition coefficient (Wildman–Crippen LogP) is 3.58. The Balaban J connectivity index is 1.80. The average Bonchev–Trinajstić information content (AvgIpc) is 3.11. The van der Waals surface area contributed by atoms with Crippen LogP contribution in [0.1, 0.15) is 11.1 Å². The summed E-state index contributed by atoms with van der Waals surface area (Å²) in [6, 6.07) is 5.41. The van der Waals surface area contributed by atoms with Crippen molar-refractivity contribution in [3.05, 3.63) is 65.7 Å². The second kappa shape index (κ2) is 6.11. The van der Waals surface area contributed by atoms with Crippen molar-refractivity contribution in [2.45, 2.75) is 13.1 Å². The zero-order valence-electron chi connectivity index (χ0n) is 12.0. The van der Waals surface area contributed by atoms with Gasteiger partial charge in [-0.1, -0.05) is 0 Å². The van der Waals surface area contributed by atoms with Crippen LogP contribution in [0.25, 0.3) is 11.3 Å². The molecule has 0 aliphatic rings. The van der Waals surface area contributed by atoms with Gasteiger partial charge in [0.05, 0.1) is 24.4 Å². The second-order valence-corrected chi connectivity index (χ2v) is 5.20. The molecule has 22 heavy (non-hydrogen) atoms. The average molecular weight is 303 g/mol. The van der Waals surface area contributed by atoms with E-state index in [9.17, 15) is 8.78 Å². The van der Waals surface area contributed by atoms with Crippen LogP contribution in [0, 0.1) is 11.6 Å². The van der Waals surface area contributed by atoms with Crippen LogP contribution in [0.3, 0.4) is 0 Å². The maximum atomic E-state index is 13.9. The number of furan rings is 1. The Hall–Kier alpha value is -2.47. The molecule has 0 saturated heterocycles. The Labute approximate surface area is 126 Å². The molecule has 0 spiro atoms. The number of aromatic amines is 1. The van der Waals surface area contributed by atoms with Crippen LogP contribution in [-0.2, 0) is 13.1 Å². The minimum atomic E-state index is -0.608. The van der Waals surface area contributed by atoms with Gasteiger partial charge in [-0.05, 0) is 25.2 Å². The van der Waals surface area contributed by atoms with E-state index in [4.69, 9.17) is 4.42 Å². The fourth-order valence-corrected chi connectivity index (χ4v) is 2.40. The highest BCUT2D eigenvalue weighted by Crippen LogP contribution is 2.25. The maximum Gasteiger partial charge on any atom is 0.135 e. The van der Waals surface area contributed by atoms with Gasteiger partial charge in [0.25, 0.3) is 0 Å². The van der Waals surface area contributed by atoms with Crippen molar-refractivity contribution < 1.29 is 13.2 Å². The van der Waals surface area contributed by atoms with Crippen LogP contribution in [0.2, 0.25) is 0 Å². The Morgan fingerprint density at radius 3 is 2.82 bits per heavy atom. The number of aromatic nitrogens is 2. The number of nitrogens with one attached hydrogen (secondary N) is 1. The van der Waals surface area contributed by atoms with Gasteiger partial charge in [-0.15, -0.1) is 0 Å². The highest BCUT2D eigenvalue weighted by Gasteiger charge is 2.14. The number of hydrogen-bond donors (Lipinski definition) is 1. The summed E-state index contributed by atoms with van der Waals surface area (Å²) in [7, 11) is 1.95. The smallest absolute Gasteiger partial charge is 0.135 e. The molecule has 3 aromatic rings. The maximum absolute atomic E-state index is 13.9. The first-order chi connectivity index (χ1) is 10.6. The van der Waals surface area contributed by atoms with Crippen LogP contribution in [0.4, 0.5) is 8.78 Å². The summed E-state index contributed by atoms with van der Waals surface area (Å²) < 4.78 is 32.0. The third-order valence-corrected chi connectivity index (χ3v) is 3.39. The van der Waals surface area contributed by atoms with E-state index in [0.717, 1.165) is 17.2 Å². The highest BCUT2D eigenvalue weighted by atomic mass is 19.1. The molecule has 1 N–H and O–H groups in total. The zero-order chi connectivity index (χ0) is 15.5. The molecule has 0 aliphatic heterocycles. The molecule has 114 valence electrons. The van der Waals surface area contributed by atoms with Crippen molar-refractivity contribution in [1.29, 1.82) is 0 Å². The van der Waals surface area contributed by atoms with E-state index in [1.165, 1.54) is 12.1 Å². The van der Waals surface area contributed by atoms with Crippen LogP contribution < -0.4 is 0 Å². The number of H-pyrrole nitrogens is 1. The van der Waals surface area contributed by atoms with Crippen LogP contribution in [0.5, 0.6) is 0 Å². The lowest BCUT2D eigenvalue weighted by atomic mass is 10.1. The number of rotatable bonds is 5. The van der Waals surface area contributed by atoms with Gasteiger partial charge in [-0.2, -0.15) is 5.10 Å². The van der Waals surface area contributed by atoms with Crippen LogP contribution >= 0.6 is 0 Å². The summed E-state index contributed by atoms with van der Waals surface area (Å²) in [5.74, 6) is -1.21. The first kappa shape index (κ1) is 14.5. The largest absolute Gasteiger partial charge is 0.472 e. The van der Waals surface area contributed by atoms with E-state index in [-0.39, 0.29) is 0 Å². The molecular weight excluding hydrogens is 288 g/mol. The third kappa shape index (κ3) is 3.07. The normalized spacial score (nSPS) is 11.3. The van der Waals surface area contributed by atoms with Crippen molar-refractivity contribution in [2.24, 2.45) is 0 Å². The minimum Gasteiger partial charge on any atom is -0.472 e. The van der Waals surface area contributed by atoms with Gasteiger partial charge in [-0.25, -0.2) is 8.78 Å². The third-order valence-electron chi connectivity index (χ3n) is 3.39. The number of halogens is 2. The molecule has 0 saturated carbocycles. The molecule has 0 unspecified atom stereocenters. The van der Waals surface area contributed by atoms with Gasteiger partial charge in [0, 0.05) is 35.8 Å². The lowest BCUT2D eigenvalue weighted by Crippen LogP contribution is -2.17. The van der Waals surface area contributed by atoms with Crippen LogP contribution in [0.15, 0.2) is 47.4 Å². The predicted molar refractivity (Wildman–Crippen MR) is 77.8 cm³/mol. The van der Waals surface area contributed by atoms with Crippen molar-refractivity contribution in [2.75, 3.05) is 7.05 Å². The molecular formula is C16H15F2N3O. The van der Waals surface area contributed by atoms with E-state index in [1.807, 2.05) is 13.1 Å². The quantitative estimate of drug-likeness (QED) is 0.783. The van der Waals surface area contributed by atoms with E-state index >= 15 is 0 Å². The van der Waals surface area contributed by atoms with Crippen molar-refractivity contribution in [1.82, 2.24) is 15.1 Å². The standard InChI is InChI=1S/C16H15F2N3O/c1-21(8-11-4-5-22-10-11)9-12-7-19-20-16(12)14-3-2-13(17)6-15(14)18/h2-7,10H,8-9H2,1H3,(H,19,20). The van der Waals surface area contributed by atoms with Gasteiger partial charge < -0.3 is 4.42 Å². The summed E-state index contributed by atoms with van der Waals surface area (Å²) in [4.78, 5) is 2.06. The van der Waals surface area contributed by atoms with Crippen LogP contribution in [-0.4, -0.2) is 22.1 Å². The molecule has 4 nitrogen and oxygen atoms in total. The lowest BCUT2D eigenvalue weighted by molar-refractivity contribution is 0.318. The molecule has 2 heterocycles. The fourth-order valence-electron chi connectivity index (χ4n) is 2.40. The van der Waals surface area contributed by atoms with E-state index in [0.29, 0.717) is 24.3 Å². The summed E-state index contributed by atoms with van der Waals surface area (Å²) in [5.41, 5.74) is 2.78. The highest BCUT2D eigenvalue weighted by molar-refractivity contribution is 5.63. The van der Waals surface area contributed by atoms with Gasteiger partial charge >= 0.3 is 0 Å². The number of hydrogen-bond acceptors (Lipinski definition) is 3. The first-order valence-corrected chi connectivity index (χ1v) is 6.81. The monoisotopic (exact) mass is 303 g/mol. The van der Waals surface area contributed by atoms with Gasteiger partial charge in [0.1, 0.15) is 11.6 Å². The van der Waals surface area contributed by atoms with Crippen molar-refractivity contribution in [3.8, 4) is 11.3 Å². The molecule has 0 radical (unpaired) electrons. The molecule has 2 aromatic heterocycles. The van der Waals surface area contributed by atoms with Gasteiger partial charge in [0.15, 0.2) is 0 Å². The molecule has 0 amide bonds. The van der Waals surface area contributed by atoms with Crippen molar-refractivity contribution in [3.63, 3.8) is 0 Å². The topological polar surface area (TPSA) is 45.1 Å². The zero-order valence-corrected chi connectivity index (χ0v) is 12.0. The number of nitrogens with zero attached hydrogens (tertiary/aromatic N) is 2. The summed E-state index contributed by atoms with van der Waals surface area (Å²) in [6.07, 6.45) is 4.97. The molecule has 1 aromatic carbocycles.